The highest BCUT2D eigenvalue weighted by atomic mass is 35.5. The molecule has 0 aliphatic heterocycles. The highest BCUT2D eigenvalue weighted by Gasteiger charge is 2.12. The molecule has 0 atom stereocenters. The van der Waals surface area contributed by atoms with Gasteiger partial charge in [-0.2, -0.15) is 5.10 Å². The van der Waals surface area contributed by atoms with E-state index in [1.807, 2.05) is 36.4 Å². The van der Waals surface area contributed by atoms with Crippen LogP contribution < -0.4 is 0 Å². The van der Waals surface area contributed by atoms with Gasteiger partial charge in [-0.1, -0.05) is 29.8 Å². The fraction of sp³-hybridized carbons (Fsp3) is 0. The lowest BCUT2D eigenvalue weighted by atomic mass is 10.2. The maximum atomic E-state index is 10.8. The van der Waals surface area contributed by atoms with Crippen LogP contribution in [0.25, 0.3) is 22.3 Å². The first-order chi connectivity index (χ1) is 10.6. The van der Waals surface area contributed by atoms with Crippen LogP contribution in [-0.2, 0) is 4.79 Å². The molecular formula is C16H11ClN2O2S. The molecule has 0 spiro atoms. The number of carbonyl (C=O) groups is 1. The number of para-hydroxylation sites is 1. The van der Waals surface area contributed by atoms with Crippen LogP contribution in [0.5, 0.6) is 0 Å². The Hall–Kier alpha value is -2.37. The van der Waals surface area contributed by atoms with E-state index in [2.05, 4.69) is 5.10 Å². The minimum Gasteiger partial charge on any atom is -0.478 e. The second kappa shape index (κ2) is 6.17. The Kier molecular flexibility index (Phi) is 4.09. The molecule has 4 nitrogen and oxygen atoms in total. The maximum absolute atomic E-state index is 10.8. The van der Waals surface area contributed by atoms with Crippen molar-refractivity contribution in [3.05, 3.63) is 64.6 Å². The van der Waals surface area contributed by atoms with Crippen LogP contribution in [0.2, 0.25) is 4.34 Å². The van der Waals surface area contributed by atoms with Crippen LogP contribution >= 0.6 is 22.9 Å². The lowest BCUT2D eigenvalue weighted by Crippen LogP contribution is -1.93. The van der Waals surface area contributed by atoms with E-state index >= 15 is 0 Å². The molecule has 0 bridgehead atoms. The van der Waals surface area contributed by atoms with Crippen LogP contribution in [0.3, 0.4) is 0 Å². The summed E-state index contributed by atoms with van der Waals surface area (Å²) in [4.78, 5) is 11.7. The number of nitrogens with zero attached hydrogens (tertiary/aromatic N) is 2. The van der Waals surface area contributed by atoms with Crippen molar-refractivity contribution in [2.45, 2.75) is 0 Å². The molecule has 0 saturated heterocycles. The molecule has 0 unspecified atom stereocenters. The van der Waals surface area contributed by atoms with E-state index in [4.69, 9.17) is 16.7 Å². The first kappa shape index (κ1) is 14.6. The highest BCUT2D eigenvalue weighted by Crippen LogP contribution is 2.33. The number of hydrogen-bond acceptors (Lipinski definition) is 3. The van der Waals surface area contributed by atoms with Crippen LogP contribution in [0, 0.1) is 0 Å². The first-order valence-electron chi connectivity index (χ1n) is 6.45. The monoisotopic (exact) mass is 330 g/mol. The van der Waals surface area contributed by atoms with Crippen LogP contribution in [0.4, 0.5) is 0 Å². The van der Waals surface area contributed by atoms with Gasteiger partial charge >= 0.3 is 5.97 Å². The van der Waals surface area contributed by atoms with Crippen molar-refractivity contribution in [2.24, 2.45) is 0 Å². The smallest absolute Gasteiger partial charge is 0.328 e. The molecule has 2 heterocycles. The van der Waals surface area contributed by atoms with E-state index in [1.54, 1.807) is 16.9 Å². The quantitative estimate of drug-likeness (QED) is 0.723. The predicted molar refractivity (Wildman–Crippen MR) is 88.6 cm³/mol. The van der Waals surface area contributed by atoms with Crippen molar-refractivity contribution in [1.29, 1.82) is 0 Å². The van der Waals surface area contributed by atoms with E-state index in [1.165, 1.54) is 17.4 Å². The molecule has 6 heteroatoms. The SMILES string of the molecule is O=C(O)/C=C/c1cn(-c2ccccc2)nc1-c1ccc(Cl)s1. The zero-order chi connectivity index (χ0) is 15.5. The van der Waals surface area contributed by atoms with E-state index in [0.29, 0.717) is 10.0 Å². The summed E-state index contributed by atoms with van der Waals surface area (Å²) in [6.45, 7) is 0. The second-order valence-corrected chi connectivity index (χ2v) is 6.20. The van der Waals surface area contributed by atoms with Gasteiger partial charge in [0.25, 0.3) is 0 Å². The third kappa shape index (κ3) is 3.10. The van der Waals surface area contributed by atoms with Gasteiger partial charge in [0.2, 0.25) is 0 Å². The molecule has 1 N–H and O–H groups in total. The van der Waals surface area contributed by atoms with Gasteiger partial charge in [0, 0.05) is 17.8 Å². The molecule has 2 aromatic heterocycles. The van der Waals surface area contributed by atoms with Crippen LogP contribution in [0.1, 0.15) is 5.56 Å². The Labute approximate surface area is 135 Å². The Morgan fingerprint density at radius 2 is 2.00 bits per heavy atom. The van der Waals surface area contributed by atoms with Crippen LogP contribution in [0.15, 0.2) is 54.7 Å². The van der Waals surface area contributed by atoms with Gasteiger partial charge < -0.3 is 5.11 Å². The average Bonchev–Trinajstić information content (AvgIpc) is 3.12. The summed E-state index contributed by atoms with van der Waals surface area (Å²) >= 11 is 7.39. The molecular weight excluding hydrogens is 320 g/mol. The van der Waals surface area contributed by atoms with Crippen molar-refractivity contribution in [3.8, 4) is 16.3 Å². The summed E-state index contributed by atoms with van der Waals surface area (Å²) in [6, 6.07) is 13.3. The largest absolute Gasteiger partial charge is 0.478 e. The zero-order valence-electron chi connectivity index (χ0n) is 11.3. The van der Waals surface area contributed by atoms with E-state index in [0.717, 1.165) is 22.2 Å². The third-order valence-electron chi connectivity index (χ3n) is 2.98. The van der Waals surface area contributed by atoms with Crippen molar-refractivity contribution < 1.29 is 9.90 Å². The minimum absolute atomic E-state index is 0.664. The van der Waals surface area contributed by atoms with Gasteiger partial charge in [0.05, 0.1) is 14.9 Å². The van der Waals surface area contributed by atoms with Crippen molar-refractivity contribution in [1.82, 2.24) is 9.78 Å². The Morgan fingerprint density at radius 3 is 2.64 bits per heavy atom. The molecule has 0 fully saturated rings. The normalized spacial score (nSPS) is 11.1. The van der Waals surface area contributed by atoms with Gasteiger partial charge in [-0.15, -0.1) is 11.3 Å². The minimum atomic E-state index is -0.998. The summed E-state index contributed by atoms with van der Waals surface area (Å²) in [5, 5.41) is 13.4. The Bertz CT molecular complexity index is 837. The molecule has 22 heavy (non-hydrogen) atoms. The molecule has 0 aliphatic rings. The molecule has 3 rings (SSSR count). The maximum Gasteiger partial charge on any atom is 0.328 e. The fourth-order valence-electron chi connectivity index (χ4n) is 2.02. The Morgan fingerprint density at radius 1 is 1.23 bits per heavy atom. The summed E-state index contributed by atoms with van der Waals surface area (Å²) in [5.41, 5.74) is 2.34. The van der Waals surface area contributed by atoms with Gasteiger partial charge in [-0.25, -0.2) is 9.48 Å². The summed E-state index contributed by atoms with van der Waals surface area (Å²) in [6.07, 6.45) is 4.44. The molecule has 0 aliphatic carbocycles. The molecule has 3 aromatic rings. The number of halogens is 1. The van der Waals surface area contributed by atoms with E-state index < -0.39 is 5.97 Å². The Balaban J connectivity index is 2.10. The summed E-state index contributed by atoms with van der Waals surface area (Å²) < 4.78 is 2.39. The summed E-state index contributed by atoms with van der Waals surface area (Å²) in [7, 11) is 0. The number of carboxylic acids is 1. The topological polar surface area (TPSA) is 55.1 Å². The predicted octanol–water partition coefficient (Wildman–Crippen LogP) is 4.35. The lowest BCUT2D eigenvalue weighted by molar-refractivity contribution is -0.131. The average molecular weight is 331 g/mol. The van der Waals surface area contributed by atoms with Gasteiger partial charge in [-0.05, 0) is 30.3 Å². The zero-order valence-corrected chi connectivity index (χ0v) is 12.9. The first-order valence-corrected chi connectivity index (χ1v) is 7.65. The van der Waals surface area contributed by atoms with Crippen molar-refractivity contribution in [3.63, 3.8) is 0 Å². The molecule has 0 amide bonds. The molecule has 1 aromatic carbocycles. The lowest BCUT2D eigenvalue weighted by Gasteiger charge is -1.99. The number of rotatable bonds is 4. The third-order valence-corrected chi connectivity index (χ3v) is 4.21. The molecule has 0 saturated carbocycles. The number of thiophene rings is 1. The van der Waals surface area contributed by atoms with Gasteiger partial charge in [0.15, 0.2) is 0 Å². The number of carboxylic acid groups (broad SMARTS) is 1. The van der Waals surface area contributed by atoms with Crippen LogP contribution in [-0.4, -0.2) is 20.9 Å². The number of aliphatic carboxylic acids is 1. The van der Waals surface area contributed by atoms with Gasteiger partial charge in [-0.3, -0.25) is 0 Å². The van der Waals surface area contributed by atoms with Crippen molar-refractivity contribution >= 4 is 35.0 Å². The molecule has 110 valence electrons. The fourth-order valence-corrected chi connectivity index (χ4v) is 3.07. The molecule has 0 radical (unpaired) electrons. The second-order valence-electron chi connectivity index (χ2n) is 4.49. The number of benzene rings is 1. The summed E-state index contributed by atoms with van der Waals surface area (Å²) in [5.74, 6) is -0.998. The number of hydrogen-bond donors (Lipinski definition) is 1. The highest BCUT2D eigenvalue weighted by molar-refractivity contribution is 7.19. The van der Waals surface area contributed by atoms with E-state index in [9.17, 15) is 4.79 Å². The number of aromatic nitrogens is 2. The standard InChI is InChI=1S/C16H11ClN2O2S/c17-14-8-7-13(22-14)16-11(6-9-15(20)21)10-19(18-16)12-4-2-1-3-5-12/h1-10H,(H,20,21)/b9-6+. The van der Waals surface area contributed by atoms with E-state index in [-0.39, 0.29) is 0 Å². The van der Waals surface area contributed by atoms with Crippen molar-refractivity contribution in [2.75, 3.05) is 0 Å². The van der Waals surface area contributed by atoms with Gasteiger partial charge in [0.1, 0.15) is 5.69 Å².